The van der Waals surface area contributed by atoms with Crippen LogP contribution in [0.3, 0.4) is 0 Å². The second kappa shape index (κ2) is 6.07. The smallest absolute Gasteiger partial charge is 0.119 e. The number of hydrogen-bond donors (Lipinski definition) is 1. The predicted octanol–water partition coefficient (Wildman–Crippen LogP) is 3.48. The highest BCUT2D eigenvalue weighted by atomic mass is 16.5. The molecule has 0 unspecified atom stereocenters. The number of hydrogen-bond acceptors (Lipinski definition) is 3. The Bertz CT molecular complexity index is 485. The van der Waals surface area contributed by atoms with E-state index in [0.29, 0.717) is 13.2 Å². The third kappa shape index (κ3) is 3.02. The second-order valence-corrected chi connectivity index (χ2v) is 3.95. The van der Waals surface area contributed by atoms with E-state index in [-0.39, 0.29) is 0 Å². The van der Waals surface area contributed by atoms with Gasteiger partial charge in [-0.15, -0.1) is 0 Å². The fourth-order valence-electron chi connectivity index (χ4n) is 1.73. The summed E-state index contributed by atoms with van der Waals surface area (Å²) in [6.07, 6.45) is 0. The molecule has 18 heavy (non-hydrogen) atoms. The lowest BCUT2D eigenvalue weighted by atomic mass is 10.2. The van der Waals surface area contributed by atoms with Gasteiger partial charge in [0.05, 0.1) is 5.69 Å². The normalized spacial score (nSPS) is 10.1. The molecule has 1 N–H and O–H groups in total. The van der Waals surface area contributed by atoms with Gasteiger partial charge in [-0.1, -0.05) is 36.4 Å². The van der Waals surface area contributed by atoms with Crippen LogP contribution in [0.15, 0.2) is 54.6 Å². The summed E-state index contributed by atoms with van der Waals surface area (Å²) in [4.78, 5) is 0. The number of rotatable bonds is 5. The topological polar surface area (TPSA) is 32.7 Å². The number of para-hydroxylation sites is 2. The number of nitrogens with zero attached hydrogens (tertiary/aromatic N) is 1. The molecule has 0 radical (unpaired) electrons. The standard InChI is InChI=1S/C15H17NO2/c1-2-16(17)15-11-7-6-8-13(15)12-18-14-9-4-3-5-10-14/h3-11,17H,2,12H2,1H3. The van der Waals surface area contributed by atoms with Crippen molar-refractivity contribution in [2.24, 2.45) is 0 Å². The van der Waals surface area contributed by atoms with Crippen LogP contribution in [-0.2, 0) is 6.61 Å². The van der Waals surface area contributed by atoms with E-state index in [1.807, 2.05) is 61.5 Å². The highest BCUT2D eigenvalue weighted by Gasteiger charge is 2.07. The SMILES string of the molecule is CCN(O)c1ccccc1COc1ccccc1. The van der Waals surface area contributed by atoms with Gasteiger partial charge >= 0.3 is 0 Å². The summed E-state index contributed by atoms with van der Waals surface area (Å²) in [7, 11) is 0. The van der Waals surface area contributed by atoms with Gasteiger partial charge in [0.15, 0.2) is 0 Å². The van der Waals surface area contributed by atoms with E-state index in [9.17, 15) is 5.21 Å². The molecule has 0 heterocycles. The first-order valence-corrected chi connectivity index (χ1v) is 6.03. The Balaban J connectivity index is 2.10. The van der Waals surface area contributed by atoms with Gasteiger partial charge in [0, 0.05) is 12.1 Å². The molecule has 0 aliphatic rings. The van der Waals surface area contributed by atoms with Crippen molar-refractivity contribution in [3.05, 3.63) is 60.2 Å². The van der Waals surface area contributed by atoms with Gasteiger partial charge in [-0.3, -0.25) is 10.3 Å². The van der Waals surface area contributed by atoms with E-state index in [1.165, 1.54) is 5.06 Å². The van der Waals surface area contributed by atoms with Gasteiger partial charge in [0.2, 0.25) is 0 Å². The van der Waals surface area contributed by atoms with E-state index < -0.39 is 0 Å². The van der Waals surface area contributed by atoms with Crippen molar-refractivity contribution in [1.82, 2.24) is 0 Å². The van der Waals surface area contributed by atoms with Crippen LogP contribution in [0, 0.1) is 0 Å². The molecular formula is C15H17NO2. The molecule has 0 aromatic heterocycles. The molecule has 2 rings (SSSR count). The molecule has 0 bridgehead atoms. The predicted molar refractivity (Wildman–Crippen MR) is 72.0 cm³/mol. The first-order chi connectivity index (χ1) is 8.81. The maximum atomic E-state index is 9.79. The lowest BCUT2D eigenvalue weighted by Crippen LogP contribution is -2.18. The van der Waals surface area contributed by atoms with Gasteiger partial charge in [-0.05, 0) is 25.1 Å². The van der Waals surface area contributed by atoms with Gasteiger partial charge in [-0.2, -0.15) is 0 Å². The third-order valence-corrected chi connectivity index (χ3v) is 2.71. The minimum absolute atomic E-state index is 0.442. The van der Waals surface area contributed by atoms with Gasteiger partial charge < -0.3 is 4.74 Å². The quantitative estimate of drug-likeness (QED) is 0.816. The number of benzene rings is 2. The summed E-state index contributed by atoms with van der Waals surface area (Å²) in [5.74, 6) is 0.827. The minimum atomic E-state index is 0.442. The molecule has 94 valence electrons. The molecule has 0 saturated carbocycles. The Kier molecular flexibility index (Phi) is 4.20. The molecule has 0 atom stereocenters. The highest BCUT2D eigenvalue weighted by Crippen LogP contribution is 2.21. The first kappa shape index (κ1) is 12.5. The maximum Gasteiger partial charge on any atom is 0.119 e. The van der Waals surface area contributed by atoms with Crippen molar-refractivity contribution in [3.8, 4) is 5.75 Å². The van der Waals surface area contributed by atoms with E-state index in [2.05, 4.69) is 0 Å². The van der Waals surface area contributed by atoms with Crippen LogP contribution >= 0.6 is 0 Å². The second-order valence-electron chi connectivity index (χ2n) is 3.95. The molecule has 2 aromatic carbocycles. The lowest BCUT2D eigenvalue weighted by Gasteiger charge is -2.18. The van der Waals surface area contributed by atoms with Crippen molar-refractivity contribution >= 4 is 5.69 Å². The molecular weight excluding hydrogens is 226 g/mol. The molecule has 0 saturated heterocycles. The lowest BCUT2D eigenvalue weighted by molar-refractivity contribution is 0.254. The number of anilines is 1. The Morgan fingerprint density at radius 2 is 1.67 bits per heavy atom. The summed E-state index contributed by atoms with van der Waals surface area (Å²) in [6, 6.07) is 17.3. The Morgan fingerprint density at radius 3 is 2.39 bits per heavy atom. The molecule has 0 aliphatic heterocycles. The number of ether oxygens (including phenoxy) is 1. The van der Waals surface area contributed by atoms with Crippen LogP contribution in [0.25, 0.3) is 0 Å². The van der Waals surface area contributed by atoms with Crippen molar-refractivity contribution < 1.29 is 9.94 Å². The van der Waals surface area contributed by atoms with Crippen LogP contribution in [0.1, 0.15) is 12.5 Å². The fraction of sp³-hybridized carbons (Fsp3) is 0.200. The molecule has 0 spiro atoms. The average Bonchev–Trinajstić information content (AvgIpc) is 2.45. The average molecular weight is 243 g/mol. The van der Waals surface area contributed by atoms with Crippen LogP contribution in [0.5, 0.6) is 5.75 Å². The molecule has 0 fully saturated rings. The van der Waals surface area contributed by atoms with E-state index in [0.717, 1.165) is 17.0 Å². The Labute approximate surface area is 107 Å². The zero-order valence-corrected chi connectivity index (χ0v) is 10.4. The van der Waals surface area contributed by atoms with Gasteiger partial charge in [-0.25, -0.2) is 0 Å². The van der Waals surface area contributed by atoms with Crippen LogP contribution in [-0.4, -0.2) is 11.8 Å². The molecule has 2 aromatic rings. The van der Waals surface area contributed by atoms with Crippen LogP contribution < -0.4 is 9.80 Å². The van der Waals surface area contributed by atoms with E-state index in [1.54, 1.807) is 0 Å². The van der Waals surface area contributed by atoms with E-state index >= 15 is 0 Å². The van der Waals surface area contributed by atoms with Gasteiger partial charge in [0.25, 0.3) is 0 Å². The largest absolute Gasteiger partial charge is 0.489 e. The Morgan fingerprint density at radius 1 is 1.00 bits per heavy atom. The zero-order valence-electron chi connectivity index (χ0n) is 10.4. The summed E-state index contributed by atoms with van der Waals surface area (Å²) in [5, 5.41) is 11.0. The third-order valence-electron chi connectivity index (χ3n) is 2.71. The van der Waals surface area contributed by atoms with Crippen molar-refractivity contribution in [2.45, 2.75) is 13.5 Å². The van der Waals surface area contributed by atoms with Crippen molar-refractivity contribution in [1.29, 1.82) is 0 Å². The summed E-state index contributed by atoms with van der Waals surface area (Å²) in [6.45, 7) is 2.88. The summed E-state index contributed by atoms with van der Waals surface area (Å²) < 4.78 is 5.69. The maximum absolute atomic E-state index is 9.79. The van der Waals surface area contributed by atoms with Gasteiger partial charge in [0.1, 0.15) is 12.4 Å². The summed E-state index contributed by atoms with van der Waals surface area (Å²) in [5.41, 5.74) is 1.75. The van der Waals surface area contributed by atoms with Crippen LogP contribution in [0.4, 0.5) is 5.69 Å². The fourth-order valence-corrected chi connectivity index (χ4v) is 1.73. The zero-order chi connectivity index (χ0) is 12.8. The van der Waals surface area contributed by atoms with Crippen molar-refractivity contribution in [2.75, 3.05) is 11.6 Å². The summed E-state index contributed by atoms with van der Waals surface area (Å²) >= 11 is 0. The molecule has 3 nitrogen and oxygen atoms in total. The first-order valence-electron chi connectivity index (χ1n) is 6.03. The molecule has 0 amide bonds. The van der Waals surface area contributed by atoms with E-state index in [4.69, 9.17) is 4.74 Å². The monoisotopic (exact) mass is 243 g/mol. The van der Waals surface area contributed by atoms with Crippen LogP contribution in [0.2, 0.25) is 0 Å². The number of hydroxylamine groups is 1. The molecule has 0 aliphatic carbocycles. The van der Waals surface area contributed by atoms with Crippen molar-refractivity contribution in [3.63, 3.8) is 0 Å². The highest BCUT2D eigenvalue weighted by molar-refractivity contribution is 5.51. The minimum Gasteiger partial charge on any atom is -0.489 e. The molecule has 3 heteroatoms. The Hall–Kier alpha value is -2.00.